The summed E-state index contributed by atoms with van der Waals surface area (Å²) in [5.74, 6) is 0.552. The van der Waals surface area contributed by atoms with Crippen LogP contribution in [0, 0.1) is 11.8 Å². The van der Waals surface area contributed by atoms with Crippen LogP contribution in [0.1, 0.15) is 68.5 Å². The van der Waals surface area contributed by atoms with E-state index in [1.54, 1.807) is 0 Å². The largest absolute Gasteiger partial charge is 0.445 e. The van der Waals surface area contributed by atoms with Gasteiger partial charge in [0.1, 0.15) is 6.61 Å². The van der Waals surface area contributed by atoms with Crippen molar-refractivity contribution in [3.8, 4) is 0 Å². The second kappa shape index (κ2) is 13.7. The molecule has 1 atom stereocenters. The Hall–Kier alpha value is -3.46. The number of imide groups is 1. The van der Waals surface area contributed by atoms with Crippen LogP contribution >= 0.6 is 0 Å². The molecule has 1 unspecified atom stereocenters. The van der Waals surface area contributed by atoms with Crippen molar-refractivity contribution in [2.75, 3.05) is 31.1 Å². The van der Waals surface area contributed by atoms with E-state index in [0.717, 1.165) is 81.6 Å². The fourth-order valence-corrected chi connectivity index (χ4v) is 6.10. The lowest BCUT2D eigenvalue weighted by Gasteiger charge is -2.34. The minimum Gasteiger partial charge on any atom is -0.445 e. The summed E-state index contributed by atoms with van der Waals surface area (Å²) in [7, 11) is 0. The molecule has 1 saturated carbocycles. The normalized spacial score (nSPS) is 23.9. The number of pyridine rings is 1. The molecule has 3 aliphatic rings. The van der Waals surface area contributed by atoms with E-state index in [-0.39, 0.29) is 29.9 Å². The molecule has 3 amide bonds. The van der Waals surface area contributed by atoms with Crippen molar-refractivity contribution in [2.45, 2.75) is 69.9 Å². The highest BCUT2D eigenvalue weighted by atomic mass is 16.5. The zero-order valence-electron chi connectivity index (χ0n) is 23.1. The van der Waals surface area contributed by atoms with Gasteiger partial charge < -0.3 is 20.3 Å². The van der Waals surface area contributed by atoms with E-state index in [0.29, 0.717) is 31.3 Å². The quantitative estimate of drug-likeness (QED) is 0.408. The number of piperidine rings is 2. The van der Waals surface area contributed by atoms with E-state index in [9.17, 15) is 14.4 Å². The third-order valence-electron chi connectivity index (χ3n) is 8.59. The summed E-state index contributed by atoms with van der Waals surface area (Å²) < 4.78 is 5.37. The lowest BCUT2D eigenvalue weighted by Crippen LogP contribution is -2.41. The predicted molar refractivity (Wildman–Crippen MR) is 153 cm³/mol. The monoisotopic (exact) mass is 547 g/mol. The molecule has 214 valence electrons. The number of benzene rings is 1. The molecule has 9 nitrogen and oxygen atoms in total. The Morgan fingerprint density at radius 1 is 0.925 bits per heavy atom. The molecule has 3 heterocycles. The number of nitrogens with one attached hydrogen (secondary N) is 3. The molecule has 0 spiro atoms. The minimum atomic E-state index is -0.337. The first kappa shape index (κ1) is 28.1. The Balaban J connectivity index is 0.943. The van der Waals surface area contributed by atoms with E-state index in [2.05, 4.69) is 31.9 Å². The number of alkyl carbamates (subject to hydrolysis) is 1. The molecule has 2 aliphatic heterocycles. The smallest absolute Gasteiger partial charge is 0.407 e. The number of hydrogen-bond acceptors (Lipinski definition) is 7. The van der Waals surface area contributed by atoms with Crippen LogP contribution < -0.4 is 20.9 Å². The SMILES string of the molecule is O=C1CCC(c2ccc(N3CCC(CNCC4CCC(NC(=O)OCc5ccccc5)CC4)CC3)cn2)C(=O)N1. The van der Waals surface area contributed by atoms with Crippen LogP contribution in [0.2, 0.25) is 0 Å². The van der Waals surface area contributed by atoms with Gasteiger partial charge in [-0.2, -0.15) is 0 Å². The van der Waals surface area contributed by atoms with E-state index in [1.807, 2.05) is 42.6 Å². The minimum absolute atomic E-state index is 0.200. The van der Waals surface area contributed by atoms with Crippen LogP contribution in [0.3, 0.4) is 0 Å². The third kappa shape index (κ3) is 7.81. The second-order valence-electron chi connectivity index (χ2n) is 11.5. The lowest BCUT2D eigenvalue weighted by molar-refractivity contribution is -0.134. The molecule has 1 aromatic heterocycles. The van der Waals surface area contributed by atoms with Gasteiger partial charge in [-0.25, -0.2) is 4.79 Å². The first-order valence-electron chi connectivity index (χ1n) is 14.8. The van der Waals surface area contributed by atoms with E-state index in [1.165, 1.54) is 0 Å². The standard InChI is InChI=1S/C31H41N5O4/c37-29-13-11-27(30(38)35-29)28-12-10-26(20-33-28)36-16-14-23(15-17-36)19-32-18-22-6-8-25(9-7-22)34-31(39)40-21-24-4-2-1-3-5-24/h1-5,10,12,20,22-23,25,27,32H,6-9,11,13-19,21H2,(H,34,39)(H,35,37,38). The predicted octanol–water partition coefficient (Wildman–Crippen LogP) is 3.89. The van der Waals surface area contributed by atoms with Crippen LogP contribution in [-0.4, -0.2) is 55.1 Å². The number of rotatable bonds is 9. The second-order valence-corrected chi connectivity index (χ2v) is 11.5. The molecule has 2 saturated heterocycles. The summed E-state index contributed by atoms with van der Waals surface area (Å²) in [5, 5.41) is 9.17. The number of carbonyl (C=O) groups excluding carboxylic acids is 3. The zero-order chi connectivity index (χ0) is 27.7. The van der Waals surface area contributed by atoms with Gasteiger partial charge in [0.15, 0.2) is 0 Å². The summed E-state index contributed by atoms with van der Waals surface area (Å²) in [6.45, 7) is 4.39. The summed E-state index contributed by atoms with van der Waals surface area (Å²) in [6, 6.07) is 13.9. The highest BCUT2D eigenvalue weighted by Gasteiger charge is 2.29. The van der Waals surface area contributed by atoms with Crippen LogP contribution in [0.25, 0.3) is 0 Å². The van der Waals surface area contributed by atoms with Crippen molar-refractivity contribution in [1.29, 1.82) is 0 Å². The van der Waals surface area contributed by atoms with Crippen LogP contribution in [0.5, 0.6) is 0 Å². The van der Waals surface area contributed by atoms with Gasteiger partial charge in [-0.1, -0.05) is 30.3 Å². The van der Waals surface area contributed by atoms with Crippen molar-refractivity contribution in [2.24, 2.45) is 11.8 Å². The molecule has 9 heteroatoms. The van der Waals surface area contributed by atoms with Gasteiger partial charge in [0.25, 0.3) is 0 Å². The molecule has 1 aliphatic carbocycles. The number of nitrogens with zero attached hydrogens (tertiary/aromatic N) is 2. The number of ether oxygens (including phenoxy) is 1. The number of amides is 3. The number of hydrogen-bond donors (Lipinski definition) is 3. The maximum Gasteiger partial charge on any atom is 0.407 e. The van der Waals surface area contributed by atoms with Gasteiger partial charge >= 0.3 is 6.09 Å². The molecule has 0 bridgehead atoms. The molecule has 5 rings (SSSR count). The summed E-state index contributed by atoms with van der Waals surface area (Å²) in [5.41, 5.74) is 2.83. The van der Waals surface area contributed by atoms with Gasteiger partial charge in [-0.05, 0) is 87.6 Å². The molecular formula is C31H41N5O4. The first-order chi connectivity index (χ1) is 19.5. The molecule has 3 fully saturated rings. The molecule has 1 aromatic carbocycles. The van der Waals surface area contributed by atoms with Crippen molar-refractivity contribution in [1.82, 2.24) is 20.9 Å². The summed E-state index contributed by atoms with van der Waals surface area (Å²) in [4.78, 5) is 42.6. The first-order valence-corrected chi connectivity index (χ1v) is 14.8. The van der Waals surface area contributed by atoms with Gasteiger partial charge in [0.05, 0.1) is 23.5 Å². The Kier molecular flexibility index (Phi) is 9.65. The van der Waals surface area contributed by atoms with Crippen LogP contribution in [-0.2, 0) is 20.9 Å². The van der Waals surface area contributed by atoms with E-state index >= 15 is 0 Å². The average molecular weight is 548 g/mol. The fraction of sp³-hybridized carbons (Fsp3) is 0.548. The van der Waals surface area contributed by atoms with E-state index in [4.69, 9.17) is 4.74 Å². The van der Waals surface area contributed by atoms with Gasteiger partial charge in [0, 0.05) is 25.6 Å². The number of aromatic nitrogens is 1. The van der Waals surface area contributed by atoms with Crippen molar-refractivity contribution < 1.29 is 19.1 Å². The van der Waals surface area contributed by atoms with Crippen molar-refractivity contribution in [3.05, 3.63) is 59.9 Å². The molecular weight excluding hydrogens is 506 g/mol. The van der Waals surface area contributed by atoms with Crippen molar-refractivity contribution in [3.63, 3.8) is 0 Å². The lowest BCUT2D eigenvalue weighted by atomic mass is 9.86. The number of anilines is 1. The van der Waals surface area contributed by atoms with Crippen LogP contribution in [0.15, 0.2) is 48.7 Å². The summed E-state index contributed by atoms with van der Waals surface area (Å²) in [6.07, 6.45) is 8.97. The highest BCUT2D eigenvalue weighted by Crippen LogP contribution is 2.27. The Morgan fingerprint density at radius 3 is 2.33 bits per heavy atom. The van der Waals surface area contributed by atoms with Gasteiger partial charge in [-0.3, -0.25) is 19.9 Å². The molecule has 2 aromatic rings. The maximum atomic E-state index is 12.2. The Labute approximate surface area is 236 Å². The van der Waals surface area contributed by atoms with Gasteiger partial charge in [-0.15, -0.1) is 0 Å². The third-order valence-corrected chi connectivity index (χ3v) is 8.59. The van der Waals surface area contributed by atoms with E-state index < -0.39 is 0 Å². The fourth-order valence-electron chi connectivity index (χ4n) is 6.10. The molecule has 3 N–H and O–H groups in total. The topological polar surface area (TPSA) is 113 Å². The molecule has 0 radical (unpaired) electrons. The highest BCUT2D eigenvalue weighted by molar-refractivity contribution is 6.00. The molecule has 40 heavy (non-hydrogen) atoms. The van der Waals surface area contributed by atoms with Crippen LogP contribution in [0.4, 0.5) is 10.5 Å². The Morgan fingerprint density at radius 2 is 1.65 bits per heavy atom. The number of carbonyl (C=O) groups is 3. The zero-order valence-corrected chi connectivity index (χ0v) is 23.1. The van der Waals surface area contributed by atoms with Gasteiger partial charge in [0.2, 0.25) is 11.8 Å². The maximum absolute atomic E-state index is 12.2. The average Bonchev–Trinajstić information content (AvgIpc) is 2.98. The summed E-state index contributed by atoms with van der Waals surface area (Å²) >= 11 is 0. The Bertz CT molecular complexity index is 1130. The van der Waals surface area contributed by atoms with Crippen molar-refractivity contribution >= 4 is 23.6 Å².